The first-order valence-corrected chi connectivity index (χ1v) is 6.03. The van der Waals surface area contributed by atoms with Crippen molar-refractivity contribution in [1.29, 1.82) is 0 Å². The molecule has 0 spiro atoms. The molecule has 18 heavy (non-hydrogen) atoms. The number of nitrogens with zero attached hydrogens (tertiary/aromatic N) is 2. The molecule has 0 saturated carbocycles. The van der Waals surface area contributed by atoms with E-state index in [0.717, 1.165) is 11.3 Å². The first-order valence-electron chi connectivity index (χ1n) is 5.23. The minimum Gasteiger partial charge on any atom is -0.381 e. The Morgan fingerprint density at radius 2 is 2.00 bits per heavy atom. The Hall–Kier alpha value is -1.95. The van der Waals surface area contributed by atoms with Gasteiger partial charge in [-0.05, 0) is 45.8 Å². The monoisotopic (exact) mass is 307 g/mol. The summed E-state index contributed by atoms with van der Waals surface area (Å²) in [6, 6.07) is 8.67. The number of nitro benzene ring substituents is 1. The molecule has 5 nitrogen and oxygen atoms in total. The quantitative estimate of drug-likeness (QED) is 0.694. The number of nitrogens with one attached hydrogen (secondary N) is 1. The lowest BCUT2D eigenvalue weighted by Gasteiger charge is -2.06. The van der Waals surface area contributed by atoms with Gasteiger partial charge >= 0.3 is 0 Å². The van der Waals surface area contributed by atoms with Crippen molar-refractivity contribution in [3.05, 3.63) is 62.9 Å². The van der Waals surface area contributed by atoms with Crippen LogP contribution in [0, 0.1) is 10.1 Å². The molecular weight excluding hydrogens is 298 g/mol. The van der Waals surface area contributed by atoms with Gasteiger partial charge in [-0.25, -0.2) is 0 Å². The lowest BCUT2D eigenvalue weighted by molar-refractivity contribution is -0.385. The molecule has 0 aliphatic heterocycles. The number of pyridine rings is 1. The second-order valence-corrected chi connectivity index (χ2v) is 4.49. The van der Waals surface area contributed by atoms with Crippen molar-refractivity contribution in [3.63, 3.8) is 0 Å². The van der Waals surface area contributed by atoms with Gasteiger partial charge in [0.25, 0.3) is 5.69 Å². The largest absolute Gasteiger partial charge is 0.381 e. The van der Waals surface area contributed by atoms with E-state index in [1.54, 1.807) is 24.5 Å². The summed E-state index contributed by atoms with van der Waals surface area (Å²) in [6.45, 7) is 0.646. The molecule has 92 valence electrons. The third kappa shape index (κ3) is 3.04. The number of nitro groups is 1. The Morgan fingerprint density at radius 3 is 2.61 bits per heavy atom. The van der Waals surface area contributed by atoms with Gasteiger partial charge in [0.2, 0.25) is 0 Å². The highest BCUT2D eigenvalue weighted by Crippen LogP contribution is 2.27. The lowest BCUT2D eigenvalue weighted by Crippen LogP contribution is -1.99. The Morgan fingerprint density at radius 1 is 1.28 bits per heavy atom. The maximum Gasteiger partial charge on any atom is 0.283 e. The average Bonchev–Trinajstić information content (AvgIpc) is 2.37. The van der Waals surface area contributed by atoms with Crippen molar-refractivity contribution in [2.45, 2.75) is 6.54 Å². The van der Waals surface area contributed by atoms with E-state index in [9.17, 15) is 10.1 Å². The van der Waals surface area contributed by atoms with E-state index in [2.05, 4.69) is 26.2 Å². The van der Waals surface area contributed by atoms with E-state index >= 15 is 0 Å². The Bertz CT molecular complexity index is 561. The summed E-state index contributed by atoms with van der Waals surface area (Å²) in [5.41, 5.74) is 1.98. The zero-order valence-electron chi connectivity index (χ0n) is 9.34. The molecule has 0 aliphatic rings. The lowest BCUT2D eigenvalue weighted by atomic mass is 10.2. The average molecular weight is 308 g/mol. The predicted molar refractivity (Wildman–Crippen MR) is 72.4 cm³/mol. The number of halogens is 1. The standard InChI is InChI=1S/C12H10BrN3O2/c13-11-7-10(1-2-12(11)16(17)18)15-8-9-3-5-14-6-4-9/h1-7,15H,8H2. The normalized spacial score (nSPS) is 10.1. The maximum atomic E-state index is 10.7. The zero-order chi connectivity index (χ0) is 13.0. The van der Waals surface area contributed by atoms with Crippen LogP contribution in [-0.4, -0.2) is 9.91 Å². The smallest absolute Gasteiger partial charge is 0.283 e. The summed E-state index contributed by atoms with van der Waals surface area (Å²) < 4.78 is 0.465. The summed E-state index contributed by atoms with van der Waals surface area (Å²) in [5, 5.41) is 13.8. The van der Waals surface area contributed by atoms with Crippen LogP contribution in [0.3, 0.4) is 0 Å². The number of hydrogen-bond donors (Lipinski definition) is 1. The second-order valence-electron chi connectivity index (χ2n) is 3.63. The van der Waals surface area contributed by atoms with Crippen molar-refractivity contribution < 1.29 is 4.92 Å². The SMILES string of the molecule is O=[N+]([O-])c1ccc(NCc2ccncc2)cc1Br. The Labute approximate surface area is 112 Å². The van der Waals surface area contributed by atoms with Crippen LogP contribution in [-0.2, 0) is 6.54 Å². The van der Waals surface area contributed by atoms with Gasteiger partial charge < -0.3 is 5.32 Å². The number of aromatic nitrogens is 1. The van der Waals surface area contributed by atoms with Crippen LogP contribution in [0.2, 0.25) is 0 Å². The molecule has 0 unspecified atom stereocenters. The minimum atomic E-state index is -0.420. The van der Waals surface area contributed by atoms with Crippen LogP contribution in [0.25, 0.3) is 0 Å². The van der Waals surface area contributed by atoms with Crippen LogP contribution in [0.15, 0.2) is 47.2 Å². The summed E-state index contributed by atoms with van der Waals surface area (Å²) in [4.78, 5) is 14.2. The Balaban J connectivity index is 2.07. The molecule has 2 rings (SSSR count). The molecule has 0 radical (unpaired) electrons. The first-order chi connectivity index (χ1) is 8.66. The van der Waals surface area contributed by atoms with Crippen molar-refractivity contribution in [2.75, 3.05) is 5.32 Å². The van der Waals surface area contributed by atoms with Gasteiger partial charge in [0.05, 0.1) is 9.40 Å². The second kappa shape index (κ2) is 5.59. The van der Waals surface area contributed by atoms with Crippen molar-refractivity contribution in [1.82, 2.24) is 4.98 Å². The van der Waals surface area contributed by atoms with E-state index < -0.39 is 4.92 Å². The topological polar surface area (TPSA) is 68.1 Å². The molecule has 6 heteroatoms. The van der Waals surface area contributed by atoms with Gasteiger partial charge in [0.15, 0.2) is 0 Å². The number of rotatable bonds is 4. The molecule has 0 bridgehead atoms. The van der Waals surface area contributed by atoms with Crippen LogP contribution >= 0.6 is 15.9 Å². The van der Waals surface area contributed by atoms with Gasteiger partial charge in [0.1, 0.15) is 0 Å². The summed E-state index contributed by atoms with van der Waals surface area (Å²) in [5.74, 6) is 0. The van der Waals surface area contributed by atoms with Gasteiger partial charge in [0, 0.05) is 30.7 Å². The van der Waals surface area contributed by atoms with Gasteiger partial charge in [-0.15, -0.1) is 0 Å². The highest BCUT2D eigenvalue weighted by molar-refractivity contribution is 9.10. The zero-order valence-corrected chi connectivity index (χ0v) is 10.9. The minimum absolute atomic E-state index is 0.0597. The maximum absolute atomic E-state index is 10.7. The van der Waals surface area contributed by atoms with E-state index in [-0.39, 0.29) is 5.69 Å². The molecule has 0 amide bonds. The van der Waals surface area contributed by atoms with Gasteiger partial charge in [-0.3, -0.25) is 15.1 Å². The molecule has 0 fully saturated rings. The molecule has 0 atom stereocenters. The molecular formula is C12H10BrN3O2. The fourth-order valence-corrected chi connectivity index (χ4v) is 1.99. The number of anilines is 1. The highest BCUT2D eigenvalue weighted by Gasteiger charge is 2.11. The molecule has 1 aromatic carbocycles. The van der Waals surface area contributed by atoms with E-state index in [1.165, 1.54) is 6.07 Å². The van der Waals surface area contributed by atoms with Crippen molar-refractivity contribution in [3.8, 4) is 0 Å². The van der Waals surface area contributed by atoms with E-state index in [1.807, 2.05) is 12.1 Å². The summed E-state index contributed by atoms with van der Waals surface area (Å²) >= 11 is 3.18. The van der Waals surface area contributed by atoms with Crippen LogP contribution < -0.4 is 5.32 Å². The molecule has 2 aromatic rings. The fraction of sp³-hybridized carbons (Fsp3) is 0.0833. The highest BCUT2D eigenvalue weighted by atomic mass is 79.9. The third-order valence-electron chi connectivity index (χ3n) is 2.39. The van der Waals surface area contributed by atoms with E-state index in [4.69, 9.17) is 0 Å². The Kier molecular flexibility index (Phi) is 3.88. The predicted octanol–water partition coefficient (Wildman–Crippen LogP) is 3.36. The fourth-order valence-electron chi connectivity index (χ4n) is 1.47. The molecule has 0 saturated heterocycles. The van der Waals surface area contributed by atoms with Crippen LogP contribution in [0.1, 0.15) is 5.56 Å². The molecule has 0 aliphatic carbocycles. The van der Waals surface area contributed by atoms with Crippen LogP contribution in [0.5, 0.6) is 0 Å². The van der Waals surface area contributed by atoms with Crippen molar-refractivity contribution >= 4 is 27.3 Å². The molecule has 1 aromatic heterocycles. The molecule has 1 heterocycles. The third-order valence-corrected chi connectivity index (χ3v) is 3.03. The van der Waals surface area contributed by atoms with Crippen molar-refractivity contribution in [2.24, 2.45) is 0 Å². The molecule has 1 N–H and O–H groups in total. The van der Waals surface area contributed by atoms with E-state index in [0.29, 0.717) is 11.0 Å². The van der Waals surface area contributed by atoms with Gasteiger partial charge in [-0.2, -0.15) is 0 Å². The number of hydrogen-bond acceptors (Lipinski definition) is 4. The summed E-state index contributed by atoms with van der Waals surface area (Å²) in [7, 11) is 0. The van der Waals surface area contributed by atoms with Gasteiger partial charge in [-0.1, -0.05) is 0 Å². The number of benzene rings is 1. The van der Waals surface area contributed by atoms with Crippen LogP contribution in [0.4, 0.5) is 11.4 Å². The summed E-state index contributed by atoms with van der Waals surface area (Å²) in [6.07, 6.45) is 3.45. The first kappa shape index (κ1) is 12.5.